The highest BCUT2D eigenvalue weighted by Crippen LogP contribution is 2.15. The largest absolute Gasteiger partial charge is 0.381 e. The van der Waals surface area contributed by atoms with E-state index in [0.717, 1.165) is 31.4 Å². The number of hydrogen-bond donors (Lipinski definition) is 0. The number of hydrogen-bond acceptors (Lipinski definition) is 3. The van der Waals surface area contributed by atoms with Crippen molar-refractivity contribution in [2.75, 3.05) is 19.0 Å². The summed E-state index contributed by atoms with van der Waals surface area (Å²) in [7, 11) is 1.71. The average molecular weight is 225 g/mol. The Morgan fingerprint density at radius 1 is 1.38 bits per heavy atom. The zero-order chi connectivity index (χ0) is 9.73. The van der Waals surface area contributed by atoms with E-state index in [-0.39, 0.29) is 5.75 Å². The van der Waals surface area contributed by atoms with Crippen LogP contribution >= 0.6 is 10.7 Å². The summed E-state index contributed by atoms with van der Waals surface area (Å²) < 4.78 is 26.5. The molecule has 3 nitrogen and oxygen atoms in total. The molecule has 1 fully saturated rings. The Morgan fingerprint density at radius 3 is 2.85 bits per heavy atom. The van der Waals surface area contributed by atoms with Crippen molar-refractivity contribution in [2.45, 2.75) is 19.3 Å². The summed E-state index contributed by atoms with van der Waals surface area (Å²) in [6.07, 6.45) is 4.42. The van der Waals surface area contributed by atoms with Crippen LogP contribution in [0, 0.1) is 0 Å². The fourth-order valence-corrected chi connectivity index (χ4v) is 1.88. The van der Waals surface area contributed by atoms with Crippen molar-refractivity contribution in [3.8, 4) is 0 Å². The molecule has 0 saturated carbocycles. The predicted octanol–water partition coefficient (Wildman–Crippen LogP) is 1.68. The Balaban J connectivity index is 2.49. The van der Waals surface area contributed by atoms with E-state index in [2.05, 4.69) is 0 Å². The lowest BCUT2D eigenvalue weighted by molar-refractivity contribution is 0.146. The van der Waals surface area contributed by atoms with Gasteiger partial charge in [-0.15, -0.1) is 0 Å². The van der Waals surface area contributed by atoms with E-state index in [1.54, 1.807) is 6.08 Å². The Morgan fingerprint density at radius 2 is 2.15 bits per heavy atom. The summed E-state index contributed by atoms with van der Waals surface area (Å²) in [6.45, 7) is 1.46. The van der Waals surface area contributed by atoms with Crippen LogP contribution in [0.25, 0.3) is 0 Å². The molecule has 76 valence electrons. The van der Waals surface area contributed by atoms with Gasteiger partial charge in [-0.2, -0.15) is 0 Å². The maximum Gasteiger partial charge on any atom is 0.236 e. The SMILES string of the molecule is O=S(=O)(Cl)C/C=C1\CCCOCC1. The molecule has 0 spiro atoms. The van der Waals surface area contributed by atoms with E-state index >= 15 is 0 Å². The lowest BCUT2D eigenvalue weighted by Crippen LogP contribution is -1.96. The van der Waals surface area contributed by atoms with Crippen LogP contribution in [0.3, 0.4) is 0 Å². The van der Waals surface area contributed by atoms with Gasteiger partial charge < -0.3 is 4.74 Å². The fraction of sp³-hybridized carbons (Fsp3) is 0.750. The van der Waals surface area contributed by atoms with E-state index in [4.69, 9.17) is 15.4 Å². The van der Waals surface area contributed by atoms with Crippen molar-refractivity contribution in [1.82, 2.24) is 0 Å². The Kier molecular flexibility index (Phi) is 4.22. The fourth-order valence-electron chi connectivity index (χ4n) is 1.25. The third-order valence-electron chi connectivity index (χ3n) is 1.93. The molecule has 0 atom stereocenters. The topological polar surface area (TPSA) is 43.4 Å². The van der Waals surface area contributed by atoms with E-state index in [1.807, 2.05) is 0 Å². The molecular formula is C8H13ClO3S. The summed E-state index contributed by atoms with van der Waals surface area (Å²) in [5, 5.41) is 0. The van der Waals surface area contributed by atoms with E-state index in [0.29, 0.717) is 6.61 Å². The van der Waals surface area contributed by atoms with Crippen LogP contribution in [-0.2, 0) is 13.8 Å². The van der Waals surface area contributed by atoms with Gasteiger partial charge in [0.15, 0.2) is 0 Å². The van der Waals surface area contributed by atoms with Gasteiger partial charge >= 0.3 is 0 Å². The van der Waals surface area contributed by atoms with Crippen LogP contribution in [-0.4, -0.2) is 27.4 Å². The summed E-state index contributed by atoms with van der Waals surface area (Å²) in [4.78, 5) is 0. The van der Waals surface area contributed by atoms with E-state index in [1.165, 1.54) is 0 Å². The van der Waals surface area contributed by atoms with Gasteiger partial charge in [0.1, 0.15) is 0 Å². The van der Waals surface area contributed by atoms with Crippen molar-refractivity contribution in [3.63, 3.8) is 0 Å². The standard InChI is InChI=1S/C8H13ClO3S/c9-13(10,11)7-4-8-2-1-5-12-6-3-8/h4H,1-3,5-7H2/b8-4+. The van der Waals surface area contributed by atoms with Crippen molar-refractivity contribution >= 4 is 19.7 Å². The first kappa shape index (κ1) is 11.0. The smallest absolute Gasteiger partial charge is 0.236 e. The molecule has 13 heavy (non-hydrogen) atoms. The van der Waals surface area contributed by atoms with Gasteiger partial charge in [-0.25, -0.2) is 8.42 Å². The highest BCUT2D eigenvalue weighted by Gasteiger charge is 2.06. The molecule has 0 aliphatic carbocycles. The molecule has 0 unspecified atom stereocenters. The van der Waals surface area contributed by atoms with Crippen molar-refractivity contribution in [2.24, 2.45) is 0 Å². The Hall–Kier alpha value is -0.0600. The molecule has 0 radical (unpaired) electrons. The second kappa shape index (κ2) is 4.98. The molecule has 0 aromatic heterocycles. The monoisotopic (exact) mass is 224 g/mol. The highest BCUT2D eigenvalue weighted by atomic mass is 35.7. The van der Waals surface area contributed by atoms with Crippen LogP contribution in [0.15, 0.2) is 11.6 Å². The molecule has 0 aromatic rings. The first-order valence-electron chi connectivity index (χ1n) is 4.26. The van der Waals surface area contributed by atoms with Gasteiger partial charge in [0.25, 0.3) is 0 Å². The van der Waals surface area contributed by atoms with Gasteiger partial charge in [0, 0.05) is 17.3 Å². The molecule has 1 aliphatic heterocycles. The van der Waals surface area contributed by atoms with Crippen molar-refractivity contribution < 1.29 is 13.2 Å². The second-order valence-electron chi connectivity index (χ2n) is 3.03. The molecule has 0 bridgehead atoms. The molecule has 0 amide bonds. The number of halogens is 1. The van der Waals surface area contributed by atoms with Crippen molar-refractivity contribution in [1.29, 1.82) is 0 Å². The maximum atomic E-state index is 10.6. The van der Waals surface area contributed by atoms with E-state index < -0.39 is 9.05 Å². The van der Waals surface area contributed by atoms with E-state index in [9.17, 15) is 8.42 Å². The zero-order valence-electron chi connectivity index (χ0n) is 7.33. The quantitative estimate of drug-likeness (QED) is 0.530. The maximum absolute atomic E-state index is 10.6. The molecule has 0 aromatic carbocycles. The van der Waals surface area contributed by atoms with Gasteiger partial charge in [-0.1, -0.05) is 11.6 Å². The summed E-state index contributed by atoms with van der Waals surface area (Å²) >= 11 is 0. The molecule has 1 rings (SSSR count). The van der Waals surface area contributed by atoms with Crippen LogP contribution in [0.1, 0.15) is 19.3 Å². The normalized spacial score (nSPS) is 23.0. The number of ether oxygens (including phenoxy) is 1. The van der Waals surface area contributed by atoms with Crippen molar-refractivity contribution in [3.05, 3.63) is 11.6 Å². The summed E-state index contributed by atoms with van der Waals surface area (Å²) in [6, 6.07) is 0. The minimum atomic E-state index is -3.38. The molecule has 5 heteroatoms. The lowest BCUT2D eigenvalue weighted by Gasteiger charge is -1.99. The van der Waals surface area contributed by atoms with Crippen LogP contribution in [0.5, 0.6) is 0 Å². The predicted molar refractivity (Wildman–Crippen MR) is 52.4 cm³/mol. The van der Waals surface area contributed by atoms with Crippen LogP contribution < -0.4 is 0 Å². The van der Waals surface area contributed by atoms with Gasteiger partial charge in [-0.05, 0) is 19.3 Å². The van der Waals surface area contributed by atoms with Crippen LogP contribution in [0.2, 0.25) is 0 Å². The van der Waals surface area contributed by atoms with Gasteiger partial charge in [-0.3, -0.25) is 0 Å². The van der Waals surface area contributed by atoms with Gasteiger partial charge in [0.2, 0.25) is 9.05 Å². The Bertz CT molecular complexity index is 272. The second-order valence-corrected chi connectivity index (χ2v) is 5.86. The lowest BCUT2D eigenvalue weighted by atomic mass is 10.1. The molecule has 0 N–H and O–H groups in total. The summed E-state index contributed by atoms with van der Waals surface area (Å²) in [5.41, 5.74) is 1.14. The first-order valence-corrected chi connectivity index (χ1v) is 6.74. The molecular weight excluding hydrogens is 212 g/mol. The third kappa shape index (κ3) is 5.29. The minimum Gasteiger partial charge on any atom is -0.381 e. The average Bonchev–Trinajstić information content (AvgIpc) is 2.26. The molecule has 1 aliphatic rings. The highest BCUT2D eigenvalue weighted by molar-refractivity contribution is 8.13. The Labute approximate surface area is 83.1 Å². The van der Waals surface area contributed by atoms with Gasteiger partial charge in [0.05, 0.1) is 12.4 Å². The first-order chi connectivity index (χ1) is 6.08. The molecule has 1 heterocycles. The molecule has 1 saturated heterocycles. The number of rotatable bonds is 2. The summed E-state index contributed by atoms with van der Waals surface area (Å²) in [5.74, 6) is -0.0656. The third-order valence-corrected chi connectivity index (χ3v) is 2.87. The zero-order valence-corrected chi connectivity index (χ0v) is 8.90. The minimum absolute atomic E-state index is 0.0656. The van der Waals surface area contributed by atoms with Crippen LogP contribution in [0.4, 0.5) is 0 Å².